The molecule has 1 atom stereocenters. The molecule has 0 heterocycles. The van der Waals surface area contributed by atoms with Crippen molar-refractivity contribution in [3.8, 4) is 0 Å². The standard InChI is InChI=1S/C6H17NO3Si/c1-6(7-2)11(8-3,9-4)10-5/h6-7H,1-5H3. The Morgan fingerprint density at radius 1 is 1.09 bits per heavy atom. The summed E-state index contributed by atoms with van der Waals surface area (Å²) in [5.41, 5.74) is 0.113. The van der Waals surface area contributed by atoms with E-state index >= 15 is 0 Å². The number of hydrogen-bond acceptors (Lipinski definition) is 4. The normalized spacial score (nSPS) is 15.0. The zero-order valence-corrected chi connectivity index (χ0v) is 8.80. The van der Waals surface area contributed by atoms with E-state index in [1.165, 1.54) is 0 Å². The molecule has 0 fully saturated rings. The van der Waals surface area contributed by atoms with Gasteiger partial charge in [0.25, 0.3) is 0 Å². The van der Waals surface area contributed by atoms with Crippen LogP contribution in [0.1, 0.15) is 6.92 Å². The van der Waals surface area contributed by atoms with Gasteiger partial charge in [-0.1, -0.05) is 0 Å². The lowest BCUT2D eigenvalue weighted by Crippen LogP contribution is -2.58. The van der Waals surface area contributed by atoms with Crippen LogP contribution in [-0.2, 0) is 13.3 Å². The van der Waals surface area contributed by atoms with Gasteiger partial charge in [-0.15, -0.1) is 0 Å². The summed E-state index contributed by atoms with van der Waals surface area (Å²) in [6.07, 6.45) is 0. The quantitative estimate of drug-likeness (QED) is 0.604. The summed E-state index contributed by atoms with van der Waals surface area (Å²) in [7, 11) is 4.23. The van der Waals surface area contributed by atoms with E-state index in [4.69, 9.17) is 13.3 Å². The van der Waals surface area contributed by atoms with E-state index in [1.54, 1.807) is 21.3 Å². The molecule has 0 spiro atoms. The summed E-state index contributed by atoms with van der Waals surface area (Å²) >= 11 is 0. The molecule has 1 unspecified atom stereocenters. The van der Waals surface area contributed by atoms with Gasteiger partial charge in [0.05, 0.1) is 5.67 Å². The summed E-state index contributed by atoms with van der Waals surface area (Å²) < 4.78 is 15.7. The molecule has 0 aromatic carbocycles. The molecule has 0 saturated carbocycles. The van der Waals surface area contributed by atoms with Gasteiger partial charge in [0.2, 0.25) is 0 Å². The summed E-state index contributed by atoms with van der Waals surface area (Å²) in [6, 6.07) is 0. The van der Waals surface area contributed by atoms with E-state index < -0.39 is 8.80 Å². The fourth-order valence-corrected chi connectivity index (χ4v) is 2.87. The van der Waals surface area contributed by atoms with Crippen molar-refractivity contribution in [2.24, 2.45) is 0 Å². The Morgan fingerprint density at radius 2 is 1.45 bits per heavy atom. The van der Waals surface area contributed by atoms with Crippen LogP contribution in [0.5, 0.6) is 0 Å². The van der Waals surface area contributed by atoms with Crippen molar-refractivity contribution < 1.29 is 13.3 Å². The minimum absolute atomic E-state index is 0.113. The summed E-state index contributed by atoms with van der Waals surface area (Å²) in [5.74, 6) is 0. The van der Waals surface area contributed by atoms with Crippen molar-refractivity contribution >= 4 is 8.80 Å². The minimum atomic E-state index is -2.43. The van der Waals surface area contributed by atoms with E-state index in [0.29, 0.717) is 0 Å². The van der Waals surface area contributed by atoms with Crippen LogP contribution in [0.25, 0.3) is 0 Å². The lowest BCUT2D eigenvalue weighted by Gasteiger charge is -2.29. The molecular formula is C6H17NO3Si. The zero-order valence-electron chi connectivity index (χ0n) is 7.80. The molecule has 0 bridgehead atoms. The molecule has 0 aliphatic rings. The first-order valence-corrected chi connectivity index (χ1v) is 5.29. The first-order chi connectivity index (χ1) is 5.16. The fraction of sp³-hybridized carbons (Fsp3) is 1.00. The Balaban J connectivity index is 4.26. The Hall–Kier alpha value is 0.0569. The molecule has 0 radical (unpaired) electrons. The number of hydrogen-bond donors (Lipinski definition) is 1. The highest BCUT2D eigenvalue weighted by molar-refractivity contribution is 6.62. The molecule has 0 aromatic rings. The van der Waals surface area contributed by atoms with Crippen LogP contribution in [0.2, 0.25) is 0 Å². The van der Waals surface area contributed by atoms with Crippen LogP contribution in [-0.4, -0.2) is 42.8 Å². The third-order valence-electron chi connectivity index (χ3n) is 1.82. The number of nitrogens with one attached hydrogen (secondary N) is 1. The minimum Gasteiger partial charge on any atom is -0.376 e. The predicted octanol–water partition coefficient (Wildman–Crippen LogP) is 0.0116. The molecular weight excluding hydrogens is 162 g/mol. The molecule has 0 aliphatic heterocycles. The predicted molar refractivity (Wildman–Crippen MR) is 45.3 cm³/mol. The van der Waals surface area contributed by atoms with Crippen LogP contribution in [0.4, 0.5) is 0 Å². The second kappa shape index (κ2) is 4.84. The van der Waals surface area contributed by atoms with Gasteiger partial charge in [0.1, 0.15) is 0 Å². The fourth-order valence-electron chi connectivity index (χ4n) is 0.957. The van der Waals surface area contributed by atoms with E-state index in [9.17, 15) is 0 Å². The van der Waals surface area contributed by atoms with Crippen molar-refractivity contribution in [1.82, 2.24) is 5.32 Å². The summed E-state index contributed by atoms with van der Waals surface area (Å²) in [5, 5.41) is 3.05. The SMILES string of the molecule is CNC(C)[Si](OC)(OC)OC. The maximum absolute atomic E-state index is 5.22. The van der Waals surface area contributed by atoms with Crippen LogP contribution in [0.15, 0.2) is 0 Å². The highest BCUT2D eigenvalue weighted by atomic mass is 28.4. The van der Waals surface area contributed by atoms with E-state index in [2.05, 4.69) is 5.32 Å². The topological polar surface area (TPSA) is 39.7 Å². The molecule has 0 rings (SSSR count). The molecule has 5 heteroatoms. The first kappa shape index (κ1) is 11.1. The van der Waals surface area contributed by atoms with Crippen molar-refractivity contribution in [3.05, 3.63) is 0 Å². The van der Waals surface area contributed by atoms with Gasteiger partial charge in [-0.3, -0.25) is 0 Å². The Kier molecular flexibility index (Phi) is 4.86. The molecule has 11 heavy (non-hydrogen) atoms. The highest BCUT2D eigenvalue weighted by Crippen LogP contribution is 2.10. The molecule has 0 saturated heterocycles. The van der Waals surface area contributed by atoms with Crippen LogP contribution < -0.4 is 5.32 Å². The van der Waals surface area contributed by atoms with Gasteiger partial charge >= 0.3 is 8.80 Å². The van der Waals surface area contributed by atoms with Crippen LogP contribution in [0, 0.1) is 0 Å². The molecule has 1 N–H and O–H groups in total. The monoisotopic (exact) mass is 179 g/mol. The Morgan fingerprint density at radius 3 is 1.55 bits per heavy atom. The van der Waals surface area contributed by atoms with Crippen LogP contribution >= 0.6 is 0 Å². The van der Waals surface area contributed by atoms with Gasteiger partial charge in [0.15, 0.2) is 0 Å². The maximum Gasteiger partial charge on any atom is 0.517 e. The third kappa shape index (κ3) is 2.24. The average molecular weight is 179 g/mol. The summed E-state index contributed by atoms with van der Waals surface area (Å²) in [6.45, 7) is 1.97. The van der Waals surface area contributed by atoms with Crippen molar-refractivity contribution in [2.75, 3.05) is 28.4 Å². The Bertz CT molecular complexity index is 99.7. The molecule has 0 aliphatic carbocycles. The van der Waals surface area contributed by atoms with Gasteiger partial charge < -0.3 is 18.6 Å². The number of rotatable bonds is 5. The van der Waals surface area contributed by atoms with Gasteiger partial charge in [-0.05, 0) is 14.0 Å². The van der Waals surface area contributed by atoms with Crippen molar-refractivity contribution in [3.63, 3.8) is 0 Å². The Labute approximate surface area is 69.2 Å². The maximum atomic E-state index is 5.22. The largest absolute Gasteiger partial charge is 0.517 e. The summed E-state index contributed by atoms with van der Waals surface area (Å²) in [4.78, 5) is 0. The average Bonchev–Trinajstić information content (AvgIpc) is 2.08. The zero-order chi connectivity index (χ0) is 8.91. The molecule has 4 nitrogen and oxygen atoms in total. The second-order valence-corrected chi connectivity index (χ2v) is 5.52. The highest BCUT2D eigenvalue weighted by Gasteiger charge is 2.43. The van der Waals surface area contributed by atoms with Gasteiger partial charge in [-0.25, -0.2) is 0 Å². The molecule has 0 aromatic heterocycles. The molecule has 0 amide bonds. The second-order valence-electron chi connectivity index (χ2n) is 2.23. The van der Waals surface area contributed by atoms with Crippen molar-refractivity contribution in [2.45, 2.75) is 12.6 Å². The van der Waals surface area contributed by atoms with Gasteiger partial charge in [0, 0.05) is 21.3 Å². The lowest BCUT2D eigenvalue weighted by atomic mass is 10.8. The lowest BCUT2D eigenvalue weighted by molar-refractivity contribution is 0.111. The van der Waals surface area contributed by atoms with Crippen LogP contribution in [0.3, 0.4) is 0 Å². The van der Waals surface area contributed by atoms with E-state index in [0.717, 1.165) is 0 Å². The van der Waals surface area contributed by atoms with E-state index in [1.807, 2.05) is 14.0 Å². The smallest absolute Gasteiger partial charge is 0.376 e. The third-order valence-corrected chi connectivity index (χ3v) is 4.87. The molecule has 68 valence electrons. The van der Waals surface area contributed by atoms with Gasteiger partial charge in [-0.2, -0.15) is 0 Å². The van der Waals surface area contributed by atoms with E-state index in [-0.39, 0.29) is 5.67 Å². The van der Waals surface area contributed by atoms with Crippen molar-refractivity contribution in [1.29, 1.82) is 0 Å². The first-order valence-electron chi connectivity index (χ1n) is 3.49.